The average Bonchev–Trinajstić information content (AvgIpc) is 2.23. The Morgan fingerprint density at radius 2 is 1.79 bits per heavy atom. The van der Waals surface area contributed by atoms with Gasteiger partial charge in [0.25, 0.3) is 5.91 Å². The molecule has 0 N–H and O–H groups in total. The van der Waals surface area contributed by atoms with Crippen molar-refractivity contribution in [2.24, 2.45) is 0 Å². The standard InChI is InChI=1S/C13H16F3NO2/c1-12(2,3)17(4)11(18)9-6-5-7-10(8-9)19-13(14,15)16/h5-8H,1-4H3. The maximum Gasteiger partial charge on any atom is 0.573 e. The second-order valence-electron chi connectivity index (χ2n) is 5.11. The van der Waals surface area contributed by atoms with E-state index in [0.29, 0.717) is 0 Å². The number of amides is 1. The molecule has 0 saturated heterocycles. The van der Waals surface area contributed by atoms with Gasteiger partial charge >= 0.3 is 6.36 Å². The molecule has 0 unspecified atom stereocenters. The Morgan fingerprint density at radius 3 is 2.26 bits per heavy atom. The monoisotopic (exact) mass is 275 g/mol. The number of benzene rings is 1. The molecule has 1 rings (SSSR count). The number of nitrogens with zero attached hydrogens (tertiary/aromatic N) is 1. The Morgan fingerprint density at radius 1 is 1.21 bits per heavy atom. The zero-order valence-electron chi connectivity index (χ0n) is 11.2. The van der Waals surface area contributed by atoms with Crippen molar-refractivity contribution in [3.05, 3.63) is 29.8 Å². The second kappa shape index (κ2) is 5.11. The molecule has 0 aliphatic rings. The average molecular weight is 275 g/mol. The molecule has 0 heterocycles. The molecule has 1 aromatic carbocycles. The highest BCUT2D eigenvalue weighted by Crippen LogP contribution is 2.24. The van der Waals surface area contributed by atoms with Crippen molar-refractivity contribution in [3.8, 4) is 5.75 Å². The van der Waals surface area contributed by atoms with Gasteiger partial charge < -0.3 is 9.64 Å². The molecular weight excluding hydrogens is 259 g/mol. The molecule has 0 aliphatic heterocycles. The van der Waals surface area contributed by atoms with Gasteiger partial charge in [0, 0.05) is 18.2 Å². The maximum atomic E-state index is 12.1. The number of halogens is 3. The third-order valence-electron chi connectivity index (χ3n) is 2.63. The van der Waals surface area contributed by atoms with Crippen LogP contribution in [0.4, 0.5) is 13.2 Å². The van der Waals surface area contributed by atoms with Gasteiger partial charge in [-0.3, -0.25) is 4.79 Å². The van der Waals surface area contributed by atoms with Crippen molar-refractivity contribution in [2.45, 2.75) is 32.7 Å². The maximum absolute atomic E-state index is 12.1. The number of alkyl halides is 3. The Balaban J connectivity index is 2.97. The van der Waals surface area contributed by atoms with Crippen molar-refractivity contribution in [2.75, 3.05) is 7.05 Å². The Labute approximate surface area is 110 Å². The van der Waals surface area contributed by atoms with E-state index in [2.05, 4.69) is 4.74 Å². The molecule has 0 spiro atoms. The lowest BCUT2D eigenvalue weighted by atomic mass is 10.1. The van der Waals surface area contributed by atoms with Crippen LogP contribution in [0.3, 0.4) is 0 Å². The summed E-state index contributed by atoms with van der Waals surface area (Å²) in [6.45, 7) is 5.50. The summed E-state index contributed by atoms with van der Waals surface area (Å²) in [5.74, 6) is -0.763. The molecule has 0 saturated carbocycles. The highest BCUT2D eigenvalue weighted by molar-refractivity contribution is 5.94. The van der Waals surface area contributed by atoms with E-state index in [0.717, 1.165) is 12.1 Å². The lowest BCUT2D eigenvalue weighted by Gasteiger charge is -2.32. The van der Waals surface area contributed by atoms with Crippen LogP contribution in [0, 0.1) is 0 Å². The SMILES string of the molecule is CN(C(=O)c1cccc(OC(F)(F)F)c1)C(C)(C)C. The van der Waals surface area contributed by atoms with Crippen LogP contribution in [0.2, 0.25) is 0 Å². The molecule has 1 aromatic rings. The van der Waals surface area contributed by atoms with E-state index in [1.807, 2.05) is 20.8 Å². The molecule has 0 atom stereocenters. The number of hydrogen-bond acceptors (Lipinski definition) is 2. The zero-order chi connectivity index (χ0) is 14.8. The third-order valence-corrected chi connectivity index (χ3v) is 2.63. The van der Waals surface area contributed by atoms with Gasteiger partial charge in [-0.2, -0.15) is 0 Å². The largest absolute Gasteiger partial charge is 0.573 e. The second-order valence-corrected chi connectivity index (χ2v) is 5.11. The van der Waals surface area contributed by atoms with Gasteiger partial charge in [-0.15, -0.1) is 13.2 Å². The van der Waals surface area contributed by atoms with E-state index in [4.69, 9.17) is 0 Å². The normalized spacial score (nSPS) is 12.2. The Kier molecular flexibility index (Phi) is 4.12. The van der Waals surface area contributed by atoms with Crippen molar-refractivity contribution in [1.82, 2.24) is 4.90 Å². The minimum absolute atomic E-state index is 0.152. The first-order valence-electron chi connectivity index (χ1n) is 5.65. The molecule has 106 valence electrons. The molecule has 0 aromatic heterocycles. The van der Waals surface area contributed by atoms with Gasteiger partial charge in [0.2, 0.25) is 0 Å². The lowest BCUT2D eigenvalue weighted by molar-refractivity contribution is -0.274. The van der Waals surface area contributed by atoms with E-state index in [1.165, 1.54) is 17.0 Å². The van der Waals surface area contributed by atoms with E-state index in [9.17, 15) is 18.0 Å². The lowest BCUT2D eigenvalue weighted by Crippen LogP contribution is -2.42. The highest BCUT2D eigenvalue weighted by atomic mass is 19.4. The molecule has 0 aliphatic carbocycles. The van der Waals surface area contributed by atoms with Crippen LogP contribution in [-0.4, -0.2) is 29.8 Å². The Hall–Kier alpha value is -1.72. The van der Waals surface area contributed by atoms with Gasteiger partial charge in [0.1, 0.15) is 5.75 Å². The smallest absolute Gasteiger partial charge is 0.406 e. The molecule has 19 heavy (non-hydrogen) atoms. The topological polar surface area (TPSA) is 29.5 Å². The van der Waals surface area contributed by atoms with Crippen molar-refractivity contribution in [1.29, 1.82) is 0 Å². The first-order chi connectivity index (χ1) is 8.50. The summed E-state index contributed by atoms with van der Waals surface area (Å²) in [7, 11) is 1.60. The summed E-state index contributed by atoms with van der Waals surface area (Å²) in [5.41, 5.74) is -0.267. The van der Waals surface area contributed by atoms with Crippen LogP contribution in [0.15, 0.2) is 24.3 Å². The Bertz CT molecular complexity index is 464. The number of ether oxygens (including phenoxy) is 1. The first-order valence-corrected chi connectivity index (χ1v) is 5.65. The van der Waals surface area contributed by atoms with E-state index in [1.54, 1.807) is 7.05 Å². The van der Waals surface area contributed by atoms with E-state index >= 15 is 0 Å². The van der Waals surface area contributed by atoms with Gasteiger partial charge in [0.05, 0.1) is 0 Å². The summed E-state index contributed by atoms with van der Waals surface area (Å²) in [4.78, 5) is 13.6. The molecule has 0 fully saturated rings. The van der Waals surface area contributed by atoms with Gasteiger partial charge in [-0.25, -0.2) is 0 Å². The molecule has 1 amide bonds. The van der Waals surface area contributed by atoms with Crippen LogP contribution in [0.1, 0.15) is 31.1 Å². The van der Waals surface area contributed by atoms with Gasteiger partial charge in [-0.05, 0) is 39.0 Å². The van der Waals surface area contributed by atoms with E-state index in [-0.39, 0.29) is 11.5 Å². The van der Waals surface area contributed by atoms with E-state index < -0.39 is 17.7 Å². The quantitative estimate of drug-likeness (QED) is 0.827. The summed E-state index contributed by atoms with van der Waals surface area (Å²) >= 11 is 0. The molecule has 0 radical (unpaired) electrons. The van der Waals surface area contributed by atoms with Crippen LogP contribution in [0.5, 0.6) is 5.75 Å². The minimum Gasteiger partial charge on any atom is -0.406 e. The predicted octanol–water partition coefficient (Wildman–Crippen LogP) is 3.46. The van der Waals surface area contributed by atoms with Crippen LogP contribution in [-0.2, 0) is 0 Å². The molecular formula is C13H16F3NO2. The molecule has 3 nitrogen and oxygen atoms in total. The third kappa shape index (κ3) is 4.46. The predicted molar refractivity (Wildman–Crippen MR) is 65.0 cm³/mol. The minimum atomic E-state index is -4.77. The molecule has 6 heteroatoms. The zero-order valence-corrected chi connectivity index (χ0v) is 11.2. The van der Waals surface area contributed by atoms with Crippen LogP contribution < -0.4 is 4.74 Å². The van der Waals surface area contributed by atoms with Crippen LogP contribution >= 0.6 is 0 Å². The fourth-order valence-corrected chi connectivity index (χ4v) is 1.32. The number of carbonyl (C=O) groups is 1. The summed E-state index contributed by atoms with van der Waals surface area (Å²) in [6.07, 6.45) is -4.77. The fraction of sp³-hybridized carbons (Fsp3) is 0.462. The number of carbonyl (C=O) groups excluding carboxylic acids is 1. The van der Waals surface area contributed by atoms with Crippen LogP contribution in [0.25, 0.3) is 0 Å². The number of hydrogen-bond donors (Lipinski definition) is 0. The highest BCUT2D eigenvalue weighted by Gasteiger charge is 2.31. The molecule has 0 bridgehead atoms. The van der Waals surface area contributed by atoms with Crippen molar-refractivity contribution in [3.63, 3.8) is 0 Å². The van der Waals surface area contributed by atoms with Crippen molar-refractivity contribution >= 4 is 5.91 Å². The fourth-order valence-electron chi connectivity index (χ4n) is 1.32. The van der Waals surface area contributed by atoms with Gasteiger partial charge in [0.15, 0.2) is 0 Å². The summed E-state index contributed by atoms with van der Waals surface area (Å²) < 4.78 is 40.1. The number of rotatable bonds is 2. The van der Waals surface area contributed by atoms with Gasteiger partial charge in [-0.1, -0.05) is 6.07 Å². The first kappa shape index (κ1) is 15.3. The summed E-state index contributed by atoms with van der Waals surface area (Å²) in [6, 6.07) is 5.04. The van der Waals surface area contributed by atoms with Crippen molar-refractivity contribution < 1.29 is 22.7 Å². The summed E-state index contributed by atoms with van der Waals surface area (Å²) in [5, 5.41) is 0.